The number of likely N-dealkylation sites (N-methyl/N-ethyl adjacent to an activating group) is 2. The lowest BCUT2D eigenvalue weighted by atomic mass is 9.94. The second kappa shape index (κ2) is 7.13. The number of carbonyl (C=O) groups excluding carboxylic acids is 1. The number of rotatable bonds is 6. The van der Waals surface area contributed by atoms with Crippen molar-refractivity contribution >= 4 is 5.78 Å². The Morgan fingerprint density at radius 3 is 2.48 bits per heavy atom. The molecule has 1 heterocycles. The van der Waals surface area contributed by atoms with Gasteiger partial charge >= 0.3 is 0 Å². The van der Waals surface area contributed by atoms with E-state index in [2.05, 4.69) is 16.0 Å². The molecule has 0 spiro atoms. The minimum absolute atomic E-state index is 0.0595. The minimum atomic E-state index is -0.704. The smallest absolute Gasteiger partial charge is 0.197 e. The van der Waals surface area contributed by atoms with Crippen LogP contribution in [-0.2, 0) is 4.74 Å². The van der Waals surface area contributed by atoms with E-state index < -0.39 is 5.66 Å². The highest BCUT2D eigenvalue weighted by molar-refractivity contribution is 6.02. The molecule has 1 aliphatic rings. The number of hydrogen-bond donors (Lipinski definition) is 3. The fraction of sp³-hybridized carbons (Fsp3) is 0.562. The minimum Gasteiger partial charge on any atom is -0.371 e. The van der Waals surface area contributed by atoms with Crippen LogP contribution < -0.4 is 16.0 Å². The molecule has 5 nitrogen and oxygen atoms in total. The molecule has 0 bridgehead atoms. The van der Waals surface area contributed by atoms with Crippen LogP contribution in [0.3, 0.4) is 0 Å². The van der Waals surface area contributed by atoms with E-state index in [0.717, 1.165) is 25.3 Å². The molecule has 1 aliphatic heterocycles. The monoisotopic (exact) mass is 291 g/mol. The highest BCUT2D eigenvalue weighted by Gasteiger charge is 2.33. The standard InChI is InChI=1S/C16H25N3O2/c1-4-16(17-2,18-3)15(20)13-7-5-12(6-8-13)14-11-19-9-10-21-14/h5-8,14,17-19H,4,9-11H2,1-3H3. The van der Waals surface area contributed by atoms with Crippen molar-refractivity contribution in [3.05, 3.63) is 35.4 Å². The van der Waals surface area contributed by atoms with E-state index in [9.17, 15) is 4.79 Å². The van der Waals surface area contributed by atoms with Crippen molar-refractivity contribution in [1.29, 1.82) is 0 Å². The quantitative estimate of drug-likeness (QED) is 0.541. The van der Waals surface area contributed by atoms with Gasteiger partial charge in [0, 0.05) is 18.7 Å². The van der Waals surface area contributed by atoms with Gasteiger partial charge in [-0.05, 0) is 26.1 Å². The summed E-state index contributed by atoms with van der Waals surface area (Å²) in [6, 6.07) is 7.73. The van der Waals surface area contributed by atoms with Crippen molar-refractivity contribution in [1.82, 2.24) is 16.0 Å². The van der Waals surface area contributed by atoms with Gasteiger partial charge < -0.3 is 10.1 Å². The molecule has 0 aliphatic carbocycles. The van der Waals surface area contributed by atoms with Crippen LogP contribution in [-0.4, -0.2) is 45.2 Å². The number of morpholine rings is 1. The van der Waals surface area contributed by atoms with Gasteiger partial charge in [0.1, 0.15) is 5.66 Å². The topological polar surface area (TPSA) is 62.4 Å². The highest BCUT2D eigenvalue weighted by Crippen LogP contribution is 2.21. The van der Waals surface area contributed by atoms with Gasteiger partial charge in [-0.2, -0.15) is 0 Å². The number of nitrogens with one attached hydrogen (secondary N) is 3. The molecule has 3 N–H and O–H groups in total. The SMILES string of the molecule is CCC(NC)(NC)C(=O)c1ccc(C2CNCCO2)cc1. The molecule has 21 heavy (non-hydrogen) atoms. The Balaban J connectivity index is 2.16. The van der Waals surface area contributed by atoms with Crippen LogP contribution in [0.1, 0.15) is 35.4 Å². The summed E-state index contributed by atoms with van der Waals surface area (Å²) >= 11 is 0. The number of Topliss-reactive ketones (excluding diaryl/α,β-unsaturated/α-hetero) is 1. The molecule has 1 fully saturated rings. The molecule has 5 heteroatoms. The van der Waals surface area contributed by atoms with Crippen molar-refractivity contribution in [3.8, 4) is 0 Å². The largest absolute Gasteiger partial charge is 0.371 e. The van der Waals surface area contributed by atoms with E-state index in [1.54, 1.807) is 14.1 Å². The molecule has 1 unspecified atom stereocenters. The van der Waals surface area contributed by atoms with Gasteiger partial charge in [-0.1, -0.05) is 31.2 Å². The Morgan fingerprint density at radius 1 is 1.33 bits per heavy atom. The average molecular weight is 291 g/mol. The first-order valence-corrected chi connectivity index (χ1v) is 7.51. The number of benzene rings is 1. The van der Waals surface area contributed by atoms with Crippen molar-refractivity contribution in [2.24, 2.45) is 0 Å². The van der Waals surface area contributed by atoms with Gasteiger partial charge in [0.2, 0.25) is 0 Å². The predicted molar refractivity (Wildman–Crippen MR) is 83.5 cm³/mol. The van der Waals surface area contributed by atoms with Crippen molar-refractivity contribution in [2.75, 3.05) is 33.8 Å². The Morgan fingerprint density at radius 2 is 2.00 bits per heavy atom. The molecule has 1 aromatic rings. The lowest BCUT2D eigenvalue weighted by Crippen LogP contribution is -2.59. The third-order valence-corrected chi connectivity index (χ3v) is 4.24. The first kappa shape index (κ1) is 16.1. The van der Waals surface area contributed by atoms with Crippen LogP contribution in [0.25, 0.3) is 0 Å². The molecule has 2 rings (SSSR count). The Bertz CT molecular complexity index is 455. The van der Waals surface area contributed by atoms with Gasteiger partial charge in [-0.25, -0.2) is 0 Å². The summed E-state index contributed by atoms with van der Waals surface area (Å²) < 4.78 is 5.72. The Hall–Kier alpha value is -1.27. The molecule has 1 saturated heterocycles. The van der Waals surface area contributed by atoms with E-state index in [1.807, 2.05) is 31.2 Å². The molecule has 0 amide bonds. The van der Waals surface area contributed by atoms with Gasteiger partial charge in [0.05, 0.1) is 12.7 Å². The fourth-order valence-electron chi connectivity index (χ4n) is 2.74. The summed E-state index contributed by atoms with van der Waals surface area (Å²) in [6.45, 7) is 4.43. The van der Waals surface area contributed by atoms with Gasteiger partial charge in [0.25, 0.3) is 0 Å². The molecule has 0 radical (unpaired) electrons. The average Bonchev–Trinajstić information content (AvgIpc) is 2.58. The number of ether oxygens (including phenoxy) is 1. The molecule has 1 atom stereocenters. The maximum absolute atomic E-state index is 12.7. The fourth-order valence-corrected chi connectivity index (χ4v) is 2.74. The van der Waals surface area contributed by atoms with E-state index in [-0.39, 0.29) is 11.9 Å². The summed E-state index contributed by atoms with van der Waals surface area (Å²) in [5.74, 6) is 0.0595. The van der Waals surface area contributed by atoms with E-state index in [1.165, 1.54) is 0 Å². The number of ketones is 1. The second-order valence-electron chi connectivity index (χ2n) is 5.27. The van der Waals surface area contributed by atoms with Crippen LogP contribution in [0, 0.1) is 0 Å². The van der Waals surface area contributed by atoms with E-state index in [4.69, 9.17) is 4.74 Å². The van der Waals surface area contributed by atoms with Gasteiger partial charge in [-0.15, -0.1) is 0 Å². The maximum atomic E-state index is 12.7. The van der Waals surface area contributed by atoms with Gasteiger partial charge in [0.15, 0.2) is 5.78 Å². The molecule has 1 aromatic carbocycles. The van der Waals surface area contributed by atoms with E-state index in [0.29, 0.717) is 12.0 Å². The van der Waals surface area contributed by atoms with Gasteiger partial charge in [-0.3, -0.25) is 15.4 Å². The molecular weight excluding hydrogens is 266 g/mol. The first-order chi connectivity index (χ1) is 10.2. The molecule has 0 saturated carbocycles. The summed E-state index contributed by atoms with van der Waals surface area (Å²) in [7, 11) is 3.60. The van der Waals surface area contributed by atoms with Crippen molar-refractivity contribution in [2.45, 2.75) is 25.1 Å². The normalized spacial score (nSPS) is 19.5. The number of hydrogen-bond acceptors (Lipinski definition) is 5. The van der Waals surface area contributed by atoms with Crippen LogP contribution in [0.2, 0.25) is 0 Å². The summed E-state index contributed by atoms with van der Waals surface area (Å²) in [5.41, 5.74) is 1.10. The van der Waals surface area contributed by atoms with Crippen LogP contribution in [0.5, 0.6) is 0 Å². The zero-order chi connectivity index (χ0) is 15.3. The maximum Gasteiger partial charge on any atom is 0.197 e. The lowest BCUT2D eigenvalue weighted by molar-refractivity contribution is 0.0277. The zero-order valence-corrected chi connectivity index (χ0v) is 13.0. The van der Waals surface area contributed by atoms with Crippen molar-refractivity contribution < 1.29 is 9.53 Å². The summed E-state index contributed by atoms with van der Waals surface area (Å²) in [4.78, 5) is 12.7. The van der Waals surface area contributed by atoms with Crippen LogP contribution in [0.4, 0.5) is 0 Å². The van der Waals surface area contributed by atoms with Crippen molar-refractivity contribution in [3.63, 3.8) is 0 Å². The molecular formula is C16H25N3O2. The van der Waals surface area contributed by atoms with Crippen LogP contribution in [0.15, 0.2) is 24.3 Å². The number of carbonyl (C=O) groups is 1. The predicted octanol–water partition coefficient (Wildman–Crippen LogP) is 1.08. The molecule has 116 valence electrons. The third kappa shape index (κ3) is 3.32. The highest BCUT2D eigenvalue weighted by atomic mass is 16.5. The molecule has 0 aromatic heterocycles. The Kier molecular flexibility index (Phi) is 5.47. The van der Waals surface area contributed by atoms with Crippen LogP contribution >= 0.6 is 0 Å². The lowest BCUT2D eigenvalue weighted by Gasteiger charge is -2.30. The summed E-state index contributed by atoms with van der Waals surface area (Å²) in [6.07, 6.45) is 0.753. The first-order valence-electron chi connectivity index (χ1n) is 7.51. The Labute approximate surface area is 126 Å². The zero-order valence-electron chi connectivity index (χ0n) is 13.0. The van der Waals surface area contributed by atoms with E-state index >= 15 is 0 Å². The summed E-state index contributed by atoms with van der Waals surface area (Å²) in [5, 5.41) is 9.50. The second-order valence-corrected chi connectivity index (χ2v) is 5.27. The third-order valence-electron chi connectivity index (χ3n) is 4.24.